The molecule has 176 valence electrons. The van der Waals surface area contributed by atoms with Crippen molar-refractivity contribution in [3.8, 4) is 16.9 Å². The van der Waals surface area contributed by atoms with E-state index in [4.69, 9.17) is 16.3 Å². The molecule has 0 bridgehead atoms. The molecule has 0 aliphatic carbocycles. The fourth-order valence-corrected chi connectivity index (χ4v) is 4.84. The van der Waals surface area contributed by atoms with Crippen LogP contribution in [0.2, 0.25) is 5.02 Å². The Morgan fingerprint density at radius 3 is 2.00 bits per heavy atom. The second-order valence-corrected chi connectivity index (χ2v) is 9.15. The van der Waals surface area contributed by atoms with Gasteiger partial charge in [0, 0.05) is 12.1 Å². The molecule has 1 aliphatic rings. The Labute approximate surface area is 206 Å². The van der Waals surface area contributed by atoms with Crippen molar-refractivity contribution in [3.05, 3.63) is 88.4 Å². The molecule has 0 spiro atoms. The SMILES string of the molecule is Cc1cc(OCCCCCCCCN2C(=O)c3ccccc3C2=O)cc(Cl)c1-c1ccccc1. The first kappa shape index (κ1) is 24.0. The number of amides is 2. The Morgan fingerprint density at radius 2 is 1.35 bits per heavy atom. The summed E-state index contributed by atoms with van der Waals surface area (Å²) in [7, 11) is 0. The van der Waals surface area contributed by atoms with Crippen LogP contribution in [0, 0.1) is 6.92 Å². The molecule has 0 saturated carbocycles. The molecule has 0 radical (unpaired) electrons. The van der Waals surface area contributed by atoms with Gasteiger partial charge in [0.15, 0.2) is 0 Å². The second kappa shape index (κ2) is 11.3. The Balaban J connectivity index is 1.12. The first-order chi connectivity index (χ1) is 16.6. The summed E-state index contributed by atoms with van der Waals surface area (Å²) >= 11 is 6.55. The van der Waals surface area contributed by atoms with Gasteiger partial charge < -0.3 is 4.74 Å². The van der Waals surface area contributed by atoms with E-state index in [0.717, 1.165) is 61.0 Å². The number of hydrogen-bond acceptors (Lipinski definition) is 3. The minimum absolute atomic E-state index is 0.162. The number of ether oxygens (including phenoxy) is 1. The first-order valence-corrected chi connectivity index (χ1v) is 12.4. The topological polar surface area (TPSA) is 46.6 Å². The Morgan fingerprint density at radius 1 is 0.765 bits per heavy atom. The second-order valence-electron chi connectivity index (χ2n) is 8.74. The number of halogens is 1. The summed E-state index contributed by atoms with van der Waals surface area (Å²) in [5, 5.41) is 0.708. The van der Waals surface area contributed by atoms with Gasteiger partial charge in [-0.25, -0.2) is 0 Å². The van der Waals surface area contributed by atoms with E-state index >= 15 is 0 Å². The first-order valence-electron chi connectivity index (χ1n) is 12.0. The third kappa shape index (κ3) is 5.51. The van der Waals surface area contributed by atoms with Gasteiger partial charge in [-0.15, -0.1) is 0 Å². The lowest BCUT2D eigenvalue weighted by Crippen LogP contribution is -2.30. The lowest BCUT2D eigenvalue weighted by molar-refractivity contribution is 0.0651. The van der Waals surface area contributed by atoms with Crippen LogP contribution < -0.4 is 4.74 Å². The zero-order chi connectivity index (χ0) is 23.9. The highest BCUT2D eigenvalue weighted by Gasteiger charge is 2.34. The van der Waals surface area contributed by atoms with Crippen LogP contribution in [0.3, 0.4) is 0 Å². The normalized spacial score (nSPS) is 12.8. The third-order valence-electron chi connectivity index (χ3n) is 6.25. The molecule has 3 aromatic carbocycles. The maximum Gasteiger partial charge on any atom is 0.261 e. The highest BCUT2D eigenvalue weighted by atomic mass is 35.5. The van der Waals surface area contributed by atoms with E-state index in [1.807, 2.05) is 30.3 Å². The van der Waals surface area contributed by atoms with Crippen molar-refractivity contribution in [2.24, 2.45) is 0 Å². The standard InChI is InChI=1S/C29H30ClNO3/c1-21-19-23(20-26(30)27(21)22-13-7-6-8-14-22)34-18-12-5-3-2-4-11-17-31-28(32)24-15-9-10-16-25(24)29(31)33/h6-10,13-16,19-20H,2-5,11-12,17-18H2,1H3. The van der Waals surface area contributed by atoms with E-state index < -0.39 is 0 Å². The van der Waals surface area contributed by atoms with Crippen molar-refractivity contribution in [2.45, 2.75) is 45.4 Å². The van der Waals surface area contributed by atoms with Gasteiger partial charge in [0.1, 0.15) is 5.75 Å². The number of rotatable bonds is 11. The summed E-state index contributed by atoms with van der Waals surface area (Å²) in [4.78, 5) is 26.1. The summed E-state index contributed by atoms with van der Waals surface area (Å²) in [5.74, 6) is 0.484. The van der Waals surface area contributed by atoms with Crippen molar-refractivity contribution < 1.29 is 14.3 Å². The predicted molar refractivity (Wildman–Crippen MR) is 137 cm³/mol. The molecule has 0 atom stereocenters. The number of aryl methyl sites for hydroxylation is 1. The van der Waals surface area contributed by atoms with Crippen molar-refractivity contribution >= 4 is 23.4 Å². The lowest BCUT2D eigenvalue weighted by Gasteiger charge is -2.13. The van der Waals surface area contributed by atoms with Crippen LogP contribution in [-0.2, 0) is 0 Å². The Kier molecular flexibility index (Phi) is 8.02. The molecule has 0 N–H and O–H groups in total. The molecule has 4 nitrogen and oxygen atoms in total. The number of carbonyl (C=O) groups excluding carboxylic acids is 2. The van der Waals surface area contributed by atoms with E-state index in [0.29, 0.717) is 29.3 Å². The van der Waals surface area contributed by atoms with E-state index in [9.17, 15) is 9.59 Å². The fourth-order valence-electron chi connectivity index (χ4n) is 4.48. The van der Waals surface area contributed by atoms with Crippen LogP contribution in [0.5, 0.6) is 5.75 Å². The Hall–Kier alpha value is -3.11. The van der Waals surface area contributed by atoms with Crippen molar-refractivity contribution in [2.75, 3.05) is 13.2 Å². The van der Waals surface area contributed by atoms with E-state index in [1.54, 1.807) is 24.3 Å². The smallest absolute Gasteiger partial charge is 0.261 e. The summed E-state index contributed by atoms with van der Waals surface area (Å²) < 4.78 is 5.94. The summed E-state index contributed by atoms with van der Waals surface area (Å²) in [6, 6.07) is 21.2. The van der Waals surface area contributed by atoms with Crippen LogP contribution >= 0.6 is 11.6 Å². The monoisotopic (exact) mass is 475 g/mol. The van der Waals surface area contributed by atoms with Gasteiger partial charge in [-0.1, -0.05) is 79.7 Å². The van der Waals surface area contributed by atoms with Crippen molar-refractivity contribution in [1.29, 1.82) is 0 Å². The van der Waals surface area contributed by atoms with E-state index in [1.165, 1.54) is 4.90 Å². The number of benzene rings is 3. The molecular weight excluding hydrogens is 446 g/mol. The fraction of sp³-hybridized carbons (Fsp3) is 0.310. The van der Waals surface area contributed by atoms with Gasteiger partial charge in [0.25, 0.3) is 11.8 Å². The number of imide groups is 1. The van der Waals surface area contributed by atoms with Crippen LogP contribution in [0.25, 0.3) is 11.1 Å². The van der Waals surface area contributed by atoms with Gasteiger partial charge in [-0.05, 0) is 55.2 Å². The Bertz CT molecular complexity index is 1100. The summed E-state index contributed by atoms with van der Waals surface area (Å²) in [6.07, 6.45) is 6.10. The molecule has 0 aromatic heterocycles. The predicted octanol–water partition coefficient (Wildman–Crippen LogP) is 7.33. The van der Waals surface area contributed by atoms with E-state index in [-0.39, 0.29) is 11.8 Å². The molecular formula is C29H30ClNO3. The van der Waals surface area contributed by atoms with Crippen LogP contribution in [0.15, 0.2) is 66.7 Å². The number of nitrogens with zero attached hydrogens (tertiary/aromatic N) is 1. The summed E-state index contributed by atoms with van der Waals surface area (Å²) in [5.41, 5.74) is 4.32. The number of carbonyl (C=O) groups is 2. The van der Waals surface area contributed by atoms with Crippen LogP contribution in [0.4, 0.5) is 0 Å². The van der Waals surface area contributed by atoms with Gasteiger partial charge in [-0.2, -0.15) is 0 Å². The average molecular weight is 476 g/mol. The van der Waals surface area contributed by atoms with E-state index in [2.05, 4.69) is 19.1 Å². The average Bonchev–Trinajstić information content (AvgIpc) is 3.08. The molecule has 0 saturated heterocycles. The number of unbranched alkanes of at least 4 members (excludes halogenated alkanes) is 5. The zero-order valence-electron chi connectivity index (χ0n) is 19.6. The quantitative estimate of drug-likeness (QED) is 0.215. The molecule has 0 fully saturated rings. The molecule has 1 heterocycles. The molecule has 3 aromatic rings. The van der Waals surface area contributed by atoms with Gasteiger partial charge in [-0.3, -0.25) is 14.5 Å². The van der Waals surface area contributed by atoms with Gasteiger partial charge in [0.2, 0.25) is 0 Å². The van der Waals surface area contributed by atoms with Gasteiger partial charge in [0.05, 0.1) is 22.8 Å². The molecule has 34 heavy (non-hydrogen) atoms. The van der Waals surface area contributed by atoms with Gasteiger partial charge >= 0.3 is 0 Å². The maximum atomic E-state index is 12.4. The van der Waals surface area contributed by atoms with Crippen LogP contribution in [0.1, 0.15) is 64.8 Å². The van der Waals surface area contributed by atoms with Crippen LogP contribution in [-0.4, -0.2) is 29.9 Å². The van der Waals surface area contributed by atoms with Crippen molar-refractivity contribution in [1.82, 2.24) is 4.90 Å². The third-order valence-corrected chi connectivity index (χ3v) is 6.54. The highest BCUT2D eigenvalue weighted by molar-refractivity contribution is 6.33. The summed E-state index contributed by atoms with van der Waals surface area (Å²) in [6.45, 7) is 3.22. The molecule has 0 unspecified atom stereocenters. The largest absolute Gasteiger partial charge is 0.494 e. The zero-order valence-corrected chi connectivity index (χ0v) is 20.3. The van der Waals surface area contributed by atoms with Crippen molar-refractivity contribution in [3.63, 3.8) is 0 Å². The minimum Gasteiger partial charge on any atom is -0.494 e. The number of hydrogen-bond donors (Lipinski definition) is 0. The molecule has 4 rings (SSSR count). The minimum atomic E-state index is -0.162. The molecule has 1 aliphatic heterocycles. The molecule has 5 heteroatoms. The number of fused-ring (bicyclic) bond motifs is 1. The highest BCUT2D eigenvalue weighted by Crippen LogP contribution is 2.34. The lowest BCUT2D eigenvalue weighted by atomic mass is 10.0. The molecule has 2 amide bonds. The maximum absolute atomic E-state index is 12.4.